The van der Waals surface area contributed by atoms with E-state index in [0.29, 0.717) is 0 Å². The molecule has 0 aliphatic heterocycles. The molecule has 1 N–H and O–H groups in total. The number of benzene rings is 1. The van der Waals surface area contributed by atoms with Gasteiger partial charge in [-0.3, -0.25) is 9.59 Å². The monoisotopic (exact) mass is 271 g/mol. The molecule has 0 aliphatic rings. The van der Waals surface area contributed by atoms with E-state index in [9.17, 15) is 18.4 Å². The molecule has 19 heavy (non-hydrogen) atoms. The van der Waals surface area contributed by atoms with Crippen molar-refractivity contribution in [3.8, 4) is 0 Å². The maximum absolute atomic E-state index is 13.4. The number of halogens is 2. The highest BCUT2D eigenvalue weighted by molar-refractivity contribution is 5.92. The van der Waals surface area contributed by atoms with Crippen LogP contribution in [-0.2, 0) is 14.3 Å². The largest absolute Gasteiger partial charge is 0.466 e. The Morgan fingerprint density at radius 2 is 1.89 bits per heavy atom. The Morgan fingerprint density at radius 1 is 1.21 bits per heavy atom. The molecule has 0 saturated heterocycles. The van der Waals surface area contributed by atoms with Gasteiger partial charge in [-0.25, -0.2) is 8.78 Å². The molecule has 0 heterocycles. The average Bonchev–Trinajstić information content (AvgIpc) is 2.34. The van der Waals surface area contributed by atoms with Crippen molar-refractivity contribution in [1.82, 2.24) is 0 Å². The van der Waals surface area contributed by atoms with E-state index in [0.717, 1.165) is 12.1 Å². The molecule has 0 atom stereocenters. The Kier molecular flexibility index (Phi) is 5.41. The molecule has 1 aromatic carbocycles. The van der Waals surface area contributed by atoms with Crippen LogP contribution >= 0.6 is 0 Å². The van der Waals surface area contributed by atoms with Gasteiger partial charge < -0.3 is 10.1 Å². The summed E-state index contributed by atoms with van der Waals surface area (Å²) in [5, 5.41) is 2.21. The molecule has 104 valence electrons. The van der Waals surface area contributed by atoms with Crippen molar-refractivity contribution < 1.29 is 23.1 Å². The third kappa shape index (κ3) is 4.65. The van der Waals surface area contributed by atoms with Gasteiger partial charge in [0.25, 0.3) is 0 Å². The van der Waals surface area contributed by atoms with E-state index in [2.05, 4.69) is 10.1 Å². The molecule has 0 saturated carbocycles. The highest BCUT2D eigenvalue weighted by Gasteiger charge is 2.12. The van der Waals surface area contributed by atoms with Gasteiger partial charge >= 0.3 is 5.97 Å². The number of esters is 1. The molecule has 0 aliphatic carbocycles. The van der Waals surface area contributed by atoms with Crippen molar-refractivity contribution in [3.05, 3.63) is 29.3 Å². The van der Waals surface area contributed by atoms with Crippen LogP contribution in [0.5, 0.6) is 0 Å². The van der Waals surface area contributed by atoms with E-state index >= 15 is 0 Å². The summed E-state index contributed by atoms with van der Waals surface area (Å²) >= 11 is 0. The lowest BCUT2D eigenvalue weighted by molar-refractivity contribution is -0.144. The second-order valence-electron chi connectivity index (χ2n) is 3.93. The van der Waals surface area contributed by atoms with Crippen LogP contribution in [0, 0.1) is 18.6 Å². The number of carbonyl (C=O) groups excluding carboxylic acids is 2. The molecule has 0 fully saturated rings. The van der Waals surface area contributed by atoms with Crippen LogP contribution in [0.15, 0.2) is 12.1 Å². The zero-order chi connectivity index (χ0) is 14.4. The van der Waals surface area contributed by atoms with Gasteiger partial charge in [-0.05, 0) is 25.5 Å². The molecule has 1 aromatic rings. The molecule has 0 radical (unpaired) electrons. The Labute approximate surface area is 109 Å². The van der Waals surface area contributed by atoms with E-state index < -0.39 is 23.5 Å². The summed E-state index contributed by atoms with van der Waals surface area (Å²) < 4.78 is 31.3. The zero-order valence-corrected chi connectivity index (χ0v) is 10.8. The van der Waals surface area contributed by atoms with Crippen molar-refractivity contribution in [2.24, 2.45) is 0 Å². The fourth-order valence-corrected chi connectivity index (χ4v) is 1.40. The van der Waals surface area contributed by atoms with Gasteiger partial charge in [0.1, 0.15) is 11.6 Å². The summed E-state index contributed by atoms with van der Waals surface area (Å²) in [6.45, 7) is 3.31. The first-order chi connectivity index (χ1) is 8.93. The van der Waals surface area contributed by atoms with E-state index in [1.165, 1.54) is 6.92 Å². The lowest BCUT2D eigenvalue weighted by Gasteiger charge is -2.07. The first-order valence-electron chi connectivity index (χ1n) is 5.85. The lowest BCUT2D eigenvalue weighted by Crippen LogP contribution is -2.15. The van der Waals surface area contributed by atoms with E-state index in [1.54, 1.807) is 6.92 Å². The van der Waals surface area contributed by atoms with Gasteiger partial charge in [0.15, 0.2) is 0 Å². The number of amides is 1. The number of carbonyl (C=O) groups is 2. The van der Waals surface area contributed by atoms with Crippen molar-refractivity contribution in [2.45, 2.75) is 26.7 Å². The van der Waals surface area contributed by atoms with Crippen LogP contribution in [0.25, 0.3) is 0 Å². The normalized spacial score (nSPS) is 10.1. The van der Waals surface area contributed by atoms with Gasteiger partial charge in [-0.1, -0.05) is 0 Å². The lowest BCUT2D eigenvalue weighted by atomic mass is 10.2. The summed E-state index contributed by atoms with van der Waals surface area (Å²) in [6, 6.07) is 1.91. The molecule has 0 unspecified atom stereocenters. The second-order valence-corrected chi connectivity index (χ2v) is 3.93. The maximum Gasteiger partial charge on any atom is 0.306 e. The molecule has 1 amide bonds. The minimum Gasteiger partial charge on any atom is -0.466 e. The molecular formula is C13H15F2NO3. The number of aryl methyl sites for hydroxylation is 1. The van der Waals surface area contributed by atoms with Gasteiger partial charge in [-0.15, -0.1) is 0 Å². The van der Waals surface area contributed by atoms with E-state index in [4.69, 9.17) is 0 Å². The van der Waals surface area contributed by atoms with Gasteiger partial charge in [-0.2, -0.15) is 0 Å². The molecule has 0 bridgehead atoms. The maximum atomic E-state index is 13.4. The smallest absolute Gasteiger partial charge is 0.306 e. The topological polar surface area (TPSA) is 55.4 Å². The molecule has 0 aromatic heterocycles. The standard InChI is InChI=1S/C13H15F2NO3/c1-3-19-13(18)5-4-12(17)16-11-7-9(14)8(2)6-10(11)15/h6-7H,3-5H2,1-2H3,(H,16,17). The Hall–Kier alpha value is -1.98. The van der Waals surface area contributed by atoms with E-state index in [-0.39, 0.29) is 30.7 Å². The average molecular weight is 271 g/mol. The number of hydrogen-bond donors (Lipinski definition) is 1. The second kappa shape index (κ2) is 6.82. The van der Waals surface area contributed by atoms with Crippen LogP contribution in [0.3, 0.4) is 0 Å². The number of hydrogen-bond acceptors (Lipinski definition) is 3. The molecule has 6 heteroatoms. The van der Waals surface area contributed by atoms with Crippen LogP contribution in [0.2, 0.25) is 0 Å². The summed E-state index contributed by atoms with van der Waals surface area (Å²) in [6.07, 6.45) is -0.247. The summed E-state index contributed by atoms with van der Waals surface area (Å²) in [5.74, 6) is -2.41. The van der Waals surface area contributed by atoms with Gasteiger partial charge in [0.05, 0.1) is 18.7 Å². The Morgan fingerprint density at radius 3 is 2.53 bits per heavy atom. The predicted octanol–water partition coefficient (Wildman–Crippen LogP) is 2.56. The molecule has 4 nitrogen and oxygen atoms in total. The van der Waals surface area contributed by atoms with Gasteiger partial charge in [0, 0.05) is 12.5 Å². The molecular weight excluding hydrogens is 256 g/mol. The van der Waals surface area contributed by atoms with Crippen molar-refractivity contribution >= 4 is 17.6 Å². The SMILES string of the molecule is CCOC(=O)CCC(=O)Nc1cc(F)c(C)cc1F. The Balaban J connectivity index is 2.58. The van der Waals surface area contributed by atoms with E-state index in [1.807, 2.05) is 0 Å². The first kappa shape index (κ1) is 15.1. The minimum absolute atomic E-state index is 0.102. The number of anilines is 1. The van der Waals surface area contributed by atoms with Crippen LogP contribution in [0.1, 0.15) is 25.3 Å². The van der Waals surface area contributed by atoms with Gasteiger partial charge in [0.2, 0.25) is 5.91 Å². The number of ether oxygens (including phenoxy) is 1. The van der Waals surface area contributed by atoms with Crippen molar-refractivity contribution in [1.29, 1.82) is 0 Å². The van der Waals surface area contributed by atoms with Crippen LogP contribution in [-0.4, -0.2) is 18.5 Å². The quantitative estimate of drug-likeness (QED) is 0.837. The highest BCUT2D eigenvalue weighted by atomic mass is 19.1. The predicted molar refractivity (Wildman–Crippen MR) is 65.6 cm³/mol. The Bertz CT molecular complexity index is 489. The molecule has 0 spiro atoms. The fourth-order valence-electron chi connectivity index (χ4n) is 1.40. The third-order valence-corrected chi connectivity index (χ3v) is 2.38. The summed E-state index contributed by atoms with van der Waals surface area (Å²) in [5.41, 5.74) is -0.0843. The summed E-state index contributed by atoms with van der Waals surface area (Å²) in [7, 11) is 0. The summed E-state index contributed by atoms with van der Waals surface area (Å²) in [4.78, 5) is 22.5. The minimum atomic E-state index is -0.719. The zero-order valence-electron chi connectivity index (χ0n) is 10.8. The van der Waals surface area contributed by atoms with Crippen LogP contribution in [0.4, 0.5) is 14.5 Å². The van der Waals surface area contributed by atoms with Crippen molar-refractivity contribution in [3.63, 3.8) is 0 Å². The van der Waals surface area contributed by atoms with Crippen LogP contribution < -0.4 is 5.32 Å². The van der Waals surface area contributed by atoms with Crippen molar-refractivity contribution in [2.75, 3.05) is 11.9 Å². The fraction of sp³-hybridized carbons (Fsp3) is 0.385. The third-order valence-electron chi connectivity index (χ3n) is 2.38. The first-order valence-corrected chi connectivity index (χ1v) is 5.85. The number of rotatable bonds is 5. The number of nitrogens with one attached hydrogen (secondary N) is 1. The molecule has 1 rings (SSSR count). The highest BCUT2D eigenvalue weighted by Crippen LogP contribution is 2.19.